The number of hydrogen-bond acceptors (Lipinski definition) is 3. The molecule has 4 heteroatoms. The minimum atomic E-state index is -0.143. The van der Waals surface area contributed by atoms with Gasteiger partial charge in [-0.2, -0.15) is 5.26 Å². The molecule has 118 valence electrons. The maximum absolute atomic E-state index is 12.4. The Balaban J connectivity index is 1.85. The van der Waals surface area contributed by atoms with Crippen LogP contribution in [0.4, 0.5) is 5.00 Å². The second-order valence-corrected chi connectivity index (χ2v) is 7.28. The van der Waals surface area contributed by atoms with Crippen LogP contribution in [0.5, 0.6) is 0 Å². The number of thiophene rings is 1. The Bertz CT molecular complexity index is 768. The second-order valence-electron chi connectivity index (χ2n) is 6.17. The first-order valence-corrected chi connectivity index (χ1v) is 8.89. The van der Waals surface area contributed by atoms with Gasteiger partial charge in [-0.1, -0.05) is 26.0 Å². The van der Waals surface area contributed by atoms with Crippen LogP contribution >= 0.6 is 11.3 Å². The van der Waals surface area contributed by atoms with Crippen LogP contribution in [0.15, 0.2) is 24.3 Å². The summed E-state index contributed by atoms with van der Waals surface area (Å²) in [5.41, 5.74) is 3.65. The molecule has 1 aliphatic rings. The SMILES string of the molecule is CCc1ccc(C(=O)Nc2sc3c(c2C#N)CCC(C)C3)cc1. The highest BCUT2D eigenvalue weighted by Crippen LogP contribution is 2.39. The van der Waals surface area contributed by atoms with E-state index in [9.17, 15) is 10.1 Å². The van der Waals surface area contributed by atoms with Gasteiger partial charge in [0, 0.05) is 10.4 Å². The Hall–Kier alpha value is -2.12. The molecule has 3 nitrogen and oxygen atoms in total. The molecule has 1 N–H and O–H groups in total. The molecule has 0 aliphatic heterocycles. The first-order chi connectivity index (χ1) is 11.1. The number of nitrogens with zero attached hydrogens (tertiary/aromatic N) is 1. The summed E-state index contributed by atoms with van der Waals surface area (Å²) in [6.07, 6.45) is 4.02. The number of anilines is 1. The van der Waals surface area contributed by atoms with E-state index in [0.29, 0.717) is 22.0 Å². The number of fused-ring (bicyclic) bond motifs is 1. The molecule has 0 saturated carbocycles. The molecule has 0 radical (unpaired) electrons. The van der Waals surface area contributed by atoms with Gasteiger partial charge in [0.2, 0.25) is 0 Å². The average molecular weight is 324 g/mol. The van der Waals surface area contributed by atoms with Gasteiger partial charge in [-0.3, -0.25) is 4.79 Å². The lowest BCUT2D eigenvalue weighted by atomic mass is 9.88. The summed E-state index contributed by atoms with van der Waals surface area (Å²) in [6.45, 7) is 4.33. The van der Waals surface area contributed by atoms with Crippen LogP contribution in [0, 0.1) is 17.2 Å². The number of nitriles is 1. The summed E-state index contributed by atoms with van der Waals surface area (Å²) >= 11 is 1.57. The van der Waals surface area contributed by atoms with E-state index in [-0.39, 0.29) is 5.91 Å². The summed E-state index contributed by atoms with van der Waals surface area (Å²) in [5, 5.41) is 13.1. The van der Waals surface area contributed by atoms with Crippen molar-refractivity contribution in [2.24, 2.45) is 5.92 Å². The van der Waals surface area contributed by atoms with Crippen LogP contribution in [0.25, 0.3) is 0 Å². The van der Waals surface area contributed by atoms with Crippen LogP contribution in [-0.2, 0) is 19.3 Å². The number of amides is 1. The van der Waals surface area contributed by atoms with E-state index in [1.54, 1.807) is 11.3 Å². The molecule has 1 atom stereocenters. The molecule has 1 heterocycles. The summed E-state index contributed by atoms with van der Waals surface area (Å²) in [6, 6.07) is 9.92. The molecule has 1 unspecified atom stereocenters. The zero-order chi connectivity index (χ0) is 16.4. The Morgan fingerprint density at radius 3 is 2.78 bits per heavy atom. The first-order valence-electron chi connectivity index (χ1n) is 8.07. The van der Waals surface area contributed by atoms with Crippen LogP contribution in [-0.4, -0.2) is 5.91 Å². The predicted octanol–water partition coefficient (Wildman–Crippen LogP) is 4.56. The zero-order valence-corrected chi connectivity index (χ0v) is 14.3. The van der Waals surface area contributed by atoms with E-state index >= 15 is 0 Å². The molecule has 1 aromatic carbocycles. The molecule has 1 aromatic heterocycles. The summed E-state index contributed by atoms with van der Waals surface area (Å²) in [4.78, 5) is 13.7. The molecule has 0 spiro atoms. The molecule has 0 saturated heterocycles. The van der Waals surface area contributed by atoms with Crippen molar-refractivity contribution in [1.82, 2.24) is 0 Å². The van der Waals surface area contributed by atoms with Crippen molar-refractivity contribution in [3.05, 3.63) is 51.4 Å². The number of carbonyl (C=O) groups is 1. The van der Waals surface area contributed by atoms with E-state index in [0.717, 1.165) is 31.2 Å². The lowest BCUT2D eigenvalue weighted by Crippen LogP contribution is -2.12. The highest BCUT2D eigenvalue weighted by atomic mass is 32.1. The normalized spacial score (nSPS) is 16.5. The lowest BCUT2D eigenvalue weighted by molar-refractivity contribution is 0.102. The van der Waals surface area contributed by atoms with E-state index < -0.39 is 0 Å². The van der Waals surface area contributed by atoms with Gasteiger partial charge in [0.15, 0.2) is 0 Å². The Morgan fingerprint density at radius 1 is 1.39 bits per heavy atom. The Kier molecular flexibility index (Phi) is 4.49. The third-order valence-corrected chi connectivity index (χ3v) is 5.64. The summed E-state index contributed by atoms with van der Waals surface area (Å²) in [7, 11) is 0. The van der Waals surface area contributed by atoms with Gasteiger partial charge >= 0.3 is 0 Å². The van der Waals surface area contributed by atoms with Gasteiger partial charge in [-0.25, -0.2) is 0 Å². The first kappa shape index (κ1) is 15.8. The molecule has 1 aliphatic carbocycles. The van der Waals surface area contributed by atoms with Crippen molar-refractivity contribution in [1.29, 1.82) is 5.26 Å². The predicted molar refractivity (Wildman–Crippen MR) is 94.0 cm³/mol. The molecule has 23 heavy (non-hydrogen) atoms. The minimum Gasteiger partial charge on any atom is -0.312 e. The Labute approximate surface area is 141 Å². The molecular formula is C19H20N2OS. The quantitative estimate of drug-likeness (QED) is 0.900. The van der Waals surface area contributed by atoms with E-state index in [1.807, 2.05) is 24.3 Å². The number of benzene rings is 1. The number of carbonyl (C=O) groups excluding carboxylic acids is 1. The standard InChI is InChI=1S/C19H20N2OS/c1-3-13-5-7-14(8-6-13)18(22)21-19-16(11-20)15-9-4-12(2)10-17(15)23-19/h5-8,12H,3-4,9-10H2,1-2H3,(H,21,22). The van der Waals surface area contributed by atoms with E-state index in [1.165, 1.54) is 10.4 Å². The van der Waals surface area contributed by atoms with Crippen LogP contribution in [0.3, 0.4) is 0 Å². The third-order valence-electron chi connectivity index (χ3n) is 4.47. The molecule has 2 aromatic rings. The zero-order valence-electron chi connectivity index (χ0n) is 13.5. The number of hydrogen-bond donors (Lipinski definition) is 1. The van der Waals surface area contributed by atoms with E-state index in [2.05, 4.69) is 25.2 Å². The maximum atomic E-state index is 12.4. The largest absolute Gasteiger partial charge is 0.312 e. The van der Waals surface area contributed by atoms with Crippen LogP contribution in [0.1, 0.15) is 52.2 Å². The molecule has 0 bridgehead atoms. The fourth-order valence-corrected chi connectivity index (χ4v) is 4.38. The van der Waals surface area contributed by atoms with Gasteiger partial charge < -0.3 is 5.32 Å². The van der Waals surface area contributed by atoms with Crippen molar-refractivity contribution >= 4 is 22.2 Å². The number of nitrogens with one attached hydrogen (secondary N) is 1. The van der Waals surface area contributed by atoms with Crippen LogP contribution in [0.2, 0.25) is 0 Å². The number of aryl methyl sites for hydroxylation is 1. The van der Waals surface area contributed by atoms with Crippen molar-refractivity contribution in [3.8, 4) is 6.07 Å². The van der Waals surface area contributed by atoms with Crippen molar-refractivity contribution in [3.63, 3.8) is 0 Å². The summed E-state index contributed by atoms with van der Waals surface area (Å²) in [5.74, 6) is 0.508. The van der Waals surface area contributed by atoms with Gasteiger partial charge in [0.1, 0.15) is 11.1 Å². The number of rotatable bonds is 3. The minimum absolute atomic E-state index is 0.143. The second kappa shape index (κ2) is 6.55. The molecule has 3 rings (SSSR count). The van der Waals surface area contributed by atoms with Crippen molar-refractivity contribution in [2.75, 3.05) is 5.32 Å². The lowest BCUT2D eigenvalue weighted by Gasteiger charge is -2.17. The summed E-state index contributed by atoms with van der Waals surface area (Å²) < 4.78 is 0. The Morgan fingerprint density at radius 2 is 2.13 bits per heavy atom. The fraction of sp³-hybridized carbons (Fsp3) is 0.368. The molecular weight excluding hydrogens is 304 g/mol. The van der Waals surface area contributed by atoms with Crippen LogP contribution < -0.4 is 5.32 Å². The average Bonchev–Trinajstić information content (AvgIpc) is 2.90. The highest BCUT2D eigenvalue weighted by molar-refractivity contribution is 7.16. The van der Waals surface area contributed by atoms with Gasteiger partial charge in [0.25, 0.3) is 5.91 Å². The van der Waals surface area contributed by atoms with Gasteiger partial charge in [0.05, 0.1) is 5.56 Å². The van der Waals surface area contributed by atoms with E-state index in [4.69, 9.17) is 0 Å². The highest BCUT2D eigenvalue weighted by Gasteiger charge is 2.24. The van der Waals surface area contributed by atoms with Crippen molar-refractivity contribution in [2.45, 2.75) is 39.5 Å². The molecule has 1 amide bonds. The smallest absolute Gasteiger partial charge is 0.256 e. The fourth-order valence-electron chi connectivity index (χ4n) is 3.02. The van der Waals surface area contributed by atoms with Gasteiger partial charge in [-0.05, 0) is 54.9 Å². The molecule has 0 fully saturated rings. The maximum Gasteiger partial charge on any atom is 0.256 e. The van der Waals surface area contributed by atoms with Crippen molar-refractivity contribution < 1.29 is 4.79 Å². The topological polar surface area (TPSA) is 52.9 Å². The van der Waals surface area contributed by atoms with Gasteiger partial charge in [-0.15, -0.1) is 11.3 Å². The monoisotopic (exact) mass is 324 g/mol. The third kappa shape index (κ3) is 3.16.